The zero-order valence-corrected chi connectivity index (χ0v) is 23.9. The highest BCUT2D eigenvalue weighted by Crippen LogP contribution is 2.33. The van der Waals surface area contributed by atoms with Crippen molar-refractivity contribution in [2.24, 2.45) is 23.6 Å². The molecule has 4 N–H and O–H groups in total. The van der Waals surface area contributed by atoms with Gasteiger partial charge in [-0.3, -0.25) is 15.0 Å². The number of rotatable bonds is 13. The number of carbonyl (C=O) groups is 2. The number of nitrogens with one attached hydrogen (secondary N) is 2. The van der Waals surface area contributed by atoms with Crippen molar-refractivity contribution in [3.8, 4) is 5.75 Å². The average Bonchev–Trinajstić information content (AvgIpc) is 2.97. The summed E-state index contributed by atoms with van der Waals surface area (Å²) in [5, 5.41) is -1.45. The molecular weight excluding hydrogens is 534 g/mol. The van der Waals surface area contributed by atoms with Gasteiger partial charge >= 0.3 is 0 Å². The van der Waals surface area contributed by atoms with E-state index in [9.17, 15) is 18.0 Å². The van der Waals surface area contributed by atoms with Gasteiger partial charge in [0.25, 0.3) is 0 Å². The van der Waals surface area contributed by atoms with Crippen molar-refractivity contribution in [3.05, 3.63) is 66.2 Å². The SMILES string of the molecule is COc1ccc(S(=O)(=O)C(/C=C/c2ccccc2)[C@H](C(=O)NOC2CCCCO2)[C@@H](CC(C)C)C(=O)NN)cc1. The van der Waals surface area contributed by atoms with Crippen molar-refractivity contribution < 1.29 is 32.3 Å². The number of amides is 2. The fraction of sp³-hybridized carbons (Fsp3) is 0.448. The van der Waals surface area contributed by atoms with E-state index < -0.39 is 45.0 Å². The molecule has 4 atom stereocenters. The predicted octanol–water partition coefficient (Wildman–Crippen LogP) is 3.39. The zero-order valence-electron chi connectivity index (χ0n) is 23.1. The fourth-order valence-electron chi connectivity index (χ4n) is 4.70. The Bertz CT molecular complexity index is 1230. The molecule has 11 heteroatoms. The van der Waals surface area contributed by atoms with E-state index in [2.05, 4.69) is 10.9 Å². The van der Waals surface area contributed by atoms with E-state index >= 15 is 0 Å². The highest BCUT2D eigenvalue weighted by molar-refractivity contribution is 7.92. The lowest BCUT2D eigenvalue weighted by atomic mass is 9.81. The quantitative estimate of drug-likeness (QED) is 0.188. The topological polar surface area (TPSA) is 146 Å². The maximum absolute atomic E-state index is 14.2. The van der Waals surface area contributed by atoms with Crippen LogP contribution in [0, 0.1) is 17.8 Å². The normalized spacial score (nSPS) is 18.2. The van der Waals surface area contributed by atoms with Gasteiger partial charge in [0, 0.05) is 13.0 Å². The standard InChI is InChI=1S/C29H39N3O7S/c1-20(2)19-24(28(33)31-30)27(29(34)32-39-26-11-7-8-18-38-26)25(17-12-21-9-5-4-6-10-21)40(35,36)23-15-13-22(37-3)14-16-23/h4-6,9-10,12-17,20,24-27H,7-8,11,18-19,30H2,1-3H3,(H,31,33)(H,32,34)/b17-12+/t24-,25?,26?,27-/m1/s1. The number of hydroxylamine groups is 1. The largest absolute Gasteiger partial charge is 0.497 e. The highest BCUT2D eigenvalue weighted by Gasteiger charge is 2.45. The summed E-state index contributed by atoms with van der Waals surface area (Å²) in [6.07, 6.45) is 4.94. The molecule has 0 saturated carbocycles. The van der Waals surface area contributed by atoms with Gasteiger partial charge in [-0.25, -0.2) is 24.6 Å². The van der Waals surface area contributed by atoms with Crippen molar-refractivity contribution in [1.82, 2.24) is 10.9 Å². The minimum absolute atomic E-state index is 0.0261. The van der Waals surface area contributed by atoms with Crippen LogP contribution in [0.2, 0.25) is 0 Å². The summed E-state index contributed by atoms with van der Waals surface area (Å²) in [4.78, 5) is 32.4. The first-order chi connectivity index (χ1) is 19.2. The van der Waals surface area contributed by atoms with Crippen LogP contribution in [-0.2, 0) is 29.0 Å². The van der Waals surface area contributed by atoms with Crippen LogP contribution in [-0.4, -0.2) is 45.5 Å². The smallest absolute Gasteiger partial charge is 0.249 e. The Hall–Kier alpha value is -3.25. The Kier molecular flexibility index (Phi) is 11.7. The molecule has 0 radical (unpaired) electrons. The second-order valence-corrected chi connectivity index (χ2v) is 12.2. The number of hydrogen-bond donors (Lipinski definition) is 3. The molecule has 1 fully saturated rings. The molecule has 0 bridgehead atoms. The number of ether oxygens (including phenoxy) is 2. The van der Waals surface area contributed by atoms with Crippen LogP contribution in [0.4, 0.5) is 0 Å². The second kappa shape index (κ2) is 14.9. The average molecular weight is 574 g/mol. The van der Waals surface area contributed by atoms with Crippen molar-refractivity contribution in [2.45, 2.75) is 56.0 Å². The molecule has 218 valence electrons. The number of sulfone groups is 1. The van der Waals surface area contributed by atoms with Gasteiger partial charge < -0.3 is 9.47 Å². The summed E-state index contributed by atoms with van der Waals surface area (Å²) < 4.78 is 39.1. The first kappa shape index (κ1) is 31.3. The summed E-state index contributed by atoms with van der Waals surface area (Å²) in [5.41, 5.74) is 5.26. The summed E-state index contributed by atoms with van der Waals surface area (Å²) >= 11 is 0. The molecule has 2 unspecified atom stereocenters. The molecule has 0 spiro atoms. The molecule has 2 aromatic rings. The van der Waals surface area contributed by atoms with E-state index in [1.165, 1.54) is 37.5 Å². The van der Waals surface area contributed by atoms with Crippen LogP contribution in [0.15, 0.2) is 65.6 Å². The van der Waals surface area contributed by atoms with Gasteiger partial charge in [-0.05, 0) is 55.0 Å². The van der Waals surface area contributed by atoms with Gasteiger partial charge in [-0.15, -0.1) is 0 Å². The van der Waals surface area contributed by atoms with E-state index in [0.717, 1.165) is 18.4 Å². The third-order valence-corrected chi connectivity index (χ3v) is 8.84. The summed E-state index contributed by atoms with van der Waals surface area (Å²) in [6.45, 7) is 4.25. The lowest BCUT2D eigenvalue weighted by molar-refractivity contribution is -0.202. The first-order valence-corrected chi connectivity index (χ1v) is 14.9. The third-order valence-electron chi connectivity index (χ3n) is 6.75. The van der Waals surface area contributed by atoms with Gasteiger partial charge in [-0.1, -0.05) is 56.3 Å². The molecule has 3 rings (SSSR count). The second-order valence-electron chi connectivity index (χ2n) is 10.1. The zero-order chi connectivity index (χ0) is 29.1. The maximum atomic E-state index is 14.2. The lowest BCUT2D eigenvalue weighted by Crippen LogP contribution is -2.51. The highest BCUT2D eigenvalue weighted by atomic mass is 32.2. The third kappa shape index (κ3) is 8.37. The number of nitrogens with two attached hydrogens (primary N) is 1. The van der Waals surface area contributed by atoms with Crippen LogP contribution in [0.25, 0.3) is 6.08 Å². The fourth-order valence-corrected chi connectivity index (χ4v) is 6.51. The molecule has 1 aliphatic rings. The number of hydrazine groups is 1. The predicted molar refractivity (Wildman–Crippen MR) is 151 cm³/mol. The van der Waals surface area contributed by atoms with Crippen LogP contribution >= 0.6 is 0 Å². The lowest BCUT2D eigenvalue weighted by Gasteiger charge is -2.32. The first-order valence-electron chi connectivity index (χ1n) is 13.4. The van der Waals surface area contributed by atoms with Crippen LogP contribution < -0.4 is 21.5 Å². The molecule has 1 aliphatic heterocycles. The Balaban J connectivity index is 2.11. The molecule has 1 saturated heterocycles. The number of benzene rings is 2. The van der Waals surface area contributed by atoms with Crippen molar-refractivity contribution in [1.29, 1.82) is 0 Å². The van der Waals surface area contributed by atoms with Gasteiger partial charge in [0.2, 0.25) is 11.8 Å². The Morgan fingerprint density at radius 1 is 1.07 bits per heavy atom. The summed E-state index contributed by atoms with van der Waals surface area (Å²) in [6, 6.07) is 15.0. The Morgan fingerprint density at radius 3 is 2.35 bits per heavy atom. The van der Waals surface area contributed by atoms with Crippen LogP contribution in [0.1, 0.15) is 45.1 Å². The van der Waals surface area contributed by atoms with Gasteiger partial charge in [0.15, 0.2) is 16.1 Å². The van der Waals surface area contributed by atoms with E-state index in [1.54, 1.807) is 6.08 Å². The number of methoxy groups -OCH3 is 1. The van der Waals surface area contributed by atoms with Gasteiger partial charge in [-0.2, -0.15) is 0 Å². The van der Waals surface area contributed by atoms with Crippen LogP contribution in [0.5, 0.6) is 5.75 Å². The molecule has 2 aromatic carbocycles. The van der Waals surface area contributed by atoms with Crippen molar-refractivity contribution >= 4 is 27.7 Å². The van der Waals surface area contributed by atoms with Crippen molar-refractivity contribution in [2.75, 3.05) is 13.7 Å². The van der Waals surface area contributed by atoms with Crippen LogP contribution in [0.3, 0.4) is 0 Å². The summed E-state index contributed by atoms with van der Waals surface area (Å²) in [5.74, 6) is 2.08. The van der Waals surface area contributed by atoms with Gasteiger partial charge in [0.05, 0.1) is 29.1 Å². The Morgan fingerprint density at radius 2 is 1.77 bits per heavy atom. The monoisotopic (exact) mass is 573 g/mol. The number of carbonyl (C=O) groups excluding carboxylic acids is 2. The van der Waals surface area contributed by atoms with Gasteiger partial charge in [0.1, 0.15) is 5.75 Å². The minimum Gasteiger partial charge on any atom is -0.497 e. The number of hydrogen-bond acceptors (Lipinski definition) is 8. The Labute approximate surface area is 236 Å². The molecule has 0 aromatic heterocycles. The van der Waals surface area contributed by atoms with E-state index in [1.807, 2.05) is 44.2 Å². The molecule has 10 nitrogen and oxygen atoms in total. The summed E-state index contributed by atoms with van der Waals surface area (Å²) in [7, 11) is -2.74. The molecule has 40 heavy (non-hydrogen) atoms. The van der Waals surface area contributed by atoms with E-state index in [4.69, 9.17) is 20.2 Å². The molecule has 2 amide bonds. The molecular formula is C29H39N3O7S. The molecule has 0 aliphatic carbocycles. The maximum Gasteiger partial charge on any atom is 0.249 e. The molecule has 1 heterocycles. The minimum atomic E-state index is -4.22. The van der Waals surface area contributed by atoms with E-state index in [-0.39, 0.29) is 17.2 Å². The van der Waals surface area contributed by atoms with Crippen molar-refractivity contribution in [3.63, 3.8) is 0 Å². The van der Waals surface area contributed by atoms with E-state index in [0.29, 0.717) is 18.8 Å².